The molecule has 0 saturated heterocycles. The lowest BCUT2D eigenvalue weighted by molar-refractivity contribution is 0.321. The summed E-state index contributed by atoms with van der Waals surface area (Å²) < 4.78 is 0.692. The molecular weight excluding hydrogens is 265 g/mol. The molecule has 0 aliphatic carbocycles. The average Bonchev–Trinajstić information content (AvgIpc) is 2.03. The minimum absolute atomic E-state index is 0.0347. The summed E-state index contributed by atoms with van der Waals surface area (Å²) in [5, 5.41) is 11.7. The Balaban J connectivity index is 3.31. The summed E-state index contributed by atoms with van der Waals surface area (Å²) >= 11 is 14.6. The van der Waals surface area contributed by atoms with Gasteiger partial charge in [0.1, 0.15) is 0 Å². The quantitative estimate of drug-likeness (QED) is 0.472. The molecule has 2 nitrogen and oxygen atoms in total. The lowest BCUT2D eigenvalue weighted by atomic mass is 10.2. The van der Waals surface area contributed by atoms with Gasteiger partial charge >= 0.3 is 0 Å². The molecule has 0 spiro atoms. The maximum absolute atomic E-state index is 8.41. The van der Waals surface area contributed by atoms with Gasteiger partial charge < -0.3 is 5.21 Å². The van der Waals surface area contributed by atoms with Crippen molar-refractivity contribution in [2.75, 3.05) is 0 Å². The van der Waals surface area contributed by atoms with Crippen LogP contribution in [0.3, 0.4) is 0 Å². The van der Waals surface area contributed by atoms with Gasteiger partial charge in [-0.25, -0.2) is 0 Å². The van der Waals surface area contributed by atoms with E-state index in [1.165, 1.54) is 0 Å². The highest BCUT2D eigenvalue weighted by Gasteiger charge is 2.09. The molecule has 1 rings (SSSR count). The van der Waals surface area contributed by atoms with Crippen molar-refractivity contribution in [1.82, 2.24) is 0 Å². The van der Waals surface area contributed by atoms with Crippen LogP contribution in [0.2, 0.25) is 5.02 Å². The third-order valence-electron chi connectivity index (χ3n) is 1.26. The van der Waals surface area contributed by atoms with Crippen LogP contribution < -0.4 is 0 Å². The Hall–Kier alpha value is -0.250. The molecule has 0 heterocycles. The number of hydrogen-bond acceptors (Lipinski definition) is 2. The zero-order valence-corrected chi connectivity index (χ0v) is 8.86. The SMILES string of the molecule is O/N=C(/Cl)c1c(Cl)cccc1Br. The fraction of sp³-hybridized carbons (Fsp3) is 0. The van der Waals surface area contributed by atoms with Gasteiger partial charge in [-0.2, -0.15) is 0 Å². The van der Waals surface area contributed by atoms with Crippen molar-refractivity contribution in [2.24, 2.45) is 5.16 Å². The van der Waals surface area contributed by atoms with Crippen molar-refractivity contribution >= 4 is 44.3 Å². The first-order chi connectivity index (χ1) is 5.66. The topological polar surface area (TPSA) is 32.6 Å². The van der Waals surface area contributed by atoms with Gasteiger partial charge in [-0.15, -0.1) is 0 Å². The molecule has 0 fully saturated rings. The Bertz CT molecular complexity index is 307. The maximum Gasteiger partial charge on any atom is 0.177 e. The van der Waals surface area contributed by atoms with Crippen LogP contribution in [0.1, 0.15) is 5.56 Å². The summed E-state index contributed by atoms with van der Waals surface area (Å²) in [6.07, 6.45) is 0. The summed E-state index contributed by atoms with van der Waals surface area (Å²) in [7, 11) is 0. The van der Waals surface area contributed by atoms with Gasteiger partial charge in [-0.1, -0.05) is 50.4 Å². The van der Waals surface area contributed by atoms with Crippen molar-refractivity contribution < 1.29 is 5.21 Å². The van der Waals surface area contributed by atoms with E-state index in [0.717, 1.165) is 0 Å². The normalized spacial score (nSPS) is 11.8. The molecule has 0 saturated carbocycles. The second-order valence-electron chi connectivity index (χ2n) is 1.99. The number of rotatable bonds is 1. The summed E-state index contributed by atoms with van der Waals surface area (Å²) in [4.78, 5) is 0. The summed E-state index contributed by atoms with van der Waals surface area (Å²) in [5.74, 6) is 0. The number of nitrogens with zero attached hydrogens (tertiary/aromatic N) is 1. The predicted molar refractivity (Wildman–Crippen MR) is 53.3 cm³/mol. The van der Waals surface area contributed by atoms with Crippen LogP contribution in [-0.4, -0.2) is 10.4 Å². The third kappa shape index (κ3) is 1.91. The van der Waals surface area contributed by atoms with Crippen LogP contribution in [0.15, 0.2) is 27.8 Å². The standard InChI is InChI=1S/C7H4BrCl2NO/c8-4-2-1-3-5(9)6(4)7(10)11-12/h1-3,12H/b11-7+. The summed E-state index contributed by atoms with van der Waals surface area (Å²) in [6, 6.07) is 5.18. The molecule has 0 amide bonds. The Morgan fingerprint density at radius 1 is 1.50 bits per heavy atom. The van der Waals surface area contributed by atoms with E-state index in [2.05, 4.69) is 21.1 Å². The molecule has 0 radical (unpaired) electrons. The van der Waals surface area contributed by atoms with E-state index in [4.69, 9.17) is 28.4 Å². The largest absolute Gasteiger partial charge is 0.410 e. The highest BCUT2D eigenvalue weighted by atomic mass is 79.9. The highest BCUT2D eigenvalue weighted by Crippen LogP contribution is 2.26. The van der Waals surface area contributed by atoms with Crippen molar-refractivity contribution in [2.45, 2.75) is 0 Å². The first-order valence-electron chi connectivity index (χ1n) is 2.98. The lowest BCUT2D eigenvalue weighted by Crippen LogP contribution is -1.93. The van der Waals surface area contributed by atoms with Gasteiger partial charge in [0.15, 0.2) is 5.17 Å². The Morgan fingerprint density at radius 3 is 2.67 bits per heavy atom. The van der Waals surface area contributed by atoms with Crippen LogP contribution in [0.5, 0.6) is 0 Å². The van der Waals surface area contributed by atoms with E-state index >= 15 is 0 Å². The lowest BCUT2D eigenvalue weighted by Gasteiger charge is -2.02. The van der Waals surface area contributed by atoms with E-state index in [0.29, 0.717) is 15.1 Å². The number of oxime groups is 1. The zero-order valence-electron chi connectivity index (χ0n) is 5.76. The molecular formula is C7H4BrCl2NO. The van der Waals surface area contributed by atoms with Gasteiger partial charge in [0.2, 0.25) is 0 Å². The fourth-order valence-electron chi connectivity index (χ4n) is 0.745. The van der Waals surface area contributed by atoms with Gasteiger partial charge in [0.25, 0.3) is 0 Å². The minimum atomic E-state index is -0.0347. The van der Waals surface area contributed by atoms with E-state index in [-0.39, 0.29) is 5.17 Å². The van der Waals surface area contributed by atoms with Crippen molar-refractivity contribution in [1.29, 1.82) is 0 Å². The fourth-order valence-corrected chi connectivity index (χ4v) is 2.04. The van der Waals surface area contributed by atoms with Gasteiger partial charge in [0.05, 0.1) is 5.02 Å². The first kappa shape index (κ1) is 9.84. The van der Waals surface area contributed by atoms with Gasteiger partial charge in [-0.3, -0.25) is 0 Å². The smallest absolute Gasteiger partial charge is 0.177 e. The molecule has 0 bridgehead atoms. The molecule has 64 valence electrons. The molecule has 5 heteroatoms. The molecule has 0 aromatic heterocycles. The number of hydrogen-bond donors (Lipinski definition) is 1. The zero-order chi connectivity index (χ0) is 9.14. The van der Waals surface area contributed by atoms with Crippen molar-refractivity contribution in [3.05, 3.63) is 33.3 Å². The molecule has 1 N–H and O–H groups in total. The molecule has 0 atom stereocenters. The monoisotopic (exact) mass is 267 g/mol. The molecule has 1 aromatic carbocycles. The molecule has 0 unspecified atom stereocenters. The van der Waals surface area contributed by atoms with Gasteiger partial charge in [0, 0.05) is 10.0 Å². The highest BCUT2D eigenvalue weighted by molar-refractivity contribution is 9.10. The maximum atomic E-state index is 8.41. The van der Waals surface area contributed by atoms with Crippen molar-refractivity contribution in [3.63, 3.8) is 0 Å². The Morgan fingerprint density at radius 2 is 2.17 bits per heavy atom. The molecule has 0 aliphatic heterocycles. The molecule has 12 heavy (non-hydrogen) atoms. The van der Waals surface area contributed by atoms with E-state index in [1.54, 1.807) is 18.2 Å². The van der Waals surface area contributed by atoms with E-state index in [9.17, 15) is 0 Å². The van der Waals surface area contributed by atoms with Crippen LogP contribution in [0.25, 0.3) is 0 Å². The minimum Gasteiger partial charge on any atom is -0.410 e. The molecule has 1 aromatic rings. The second kappa shape index (κ2) is 4.12. The van der Waals surface area contributed by atoms with E-state index < -0.39 is 0 Å². The van der Waals surface area contributed by atoms with Crippen molar-refractivity contribution in [3.8, 4) is 0 Å². The van der Waals surface area contributed by atoms with Crippen LogP contribution in [0, 0.1) is 0 Å². The van der Waals surface area contributed by atoms with Crippen LogP contribution in [0.4, 0.5) is 0 Å². The Kier molecular flexibility index (Phi) is 3.38. The molecule has 0 aliphatic rings. The van der Waals surface area contributed by atoms with Crippen LogP contribution in [-0.2, 0) is 0 Å². The van der Waals surface area contributed by atoms with Crippen LogP contribution >= 0.6 is 39.1 Å². The summed E-state index contributed by atoms with van der Waals surface area (Å²) in [5.41, 5.74) is 0.489. The number of halogens is 3. The predicted octanol–water partition coefficient (Wildman–Crippen LogP) is 3.48. The van der Waals surface area contributed by atoms with Gasteiger partial charge in [-0.05, 0) is 12.1 Å². The number of benzene rings is 1. The average molecular weight is 269 g/mol. The first-order valence-corrected chi connectivity index (χ1v) is 4.53. The van der Waals surface area contributed by atoms with E-state index in [1.807, 2.05) is 0 Å². The summed E-state index contributed by atoms with van der Waals surface area (Å²) in [6.45, 7) is 0. The third-order valence-corrected chi connectivity index (χ3v) is 2.50. The second-order valence-corrected chi connectivity index (χ2v) is 3.61. The Labute approximate surface area is 87.9 Å².